The molecule has 2 rings (SSSR count). The highest BCUT2D eigenvalue weighted by molar-refractivity contribution is 5.54. The third-order valence-corrected chi connectivity index (χ3v) is 3.13. The second kappa shape index (κ2) is 4.78. The van der Waals surface area contributed by atoms with Crippen LogP contribution in [-0.4, -0.2) is 25.3 Å². The minimum absolute atomic E-state index is 0.0564. The number of alkyl halides is 3. The first-order valence-corrected chi connectivity index (χ1v) is 5.69. The molecule has 3 nitrogen and oxygen atoms in total. The summed E-state index contributed by atoms with van der Waals surface area (Å²) in [7, 11) is 0. The van der Waals surface area contributed by atoms with Gasteiger partial charge in [-0.3, -0.25) is 0 Å². The topological polar surface area (TPSA) is 47.3 Å². The molecule has 1 fully saturated rings. The maximum Gasteiger partial charge on any atom is 0.418 e. The molecule has 0 saturated carbocycles. The van der Waals surface area contributed by atoms with Gasteiger partial charge < -0.3 is 15.8 Å². The SMILES string of the molecule is NCC1(Nc2ccccc2C(F)(F)F)CCOC1. The molecule has 0 aromatic heterocycles. The fraction of sp³-hybridized carbons (Fsp3) is 0.500. The van der Waals surface area contributed by atoms with Crippen LogP contribution in [0.3, 0.4) is 0 Å². The van der Waals surface area contributed by atoms with E-state index in [1.54, 1.807) is 6.07 Å². The summed E-state index contributed by atoms with van der Waals surface area (Å²) in [6, 6.07) is 5.41. The van der Waals surface area contributed by atoms with Gasteiger partial charge >= 0.3 is 6.18 Å². The highest BCUT2D eigenvalue weighted by Crippen LogP contribution is 2.36. The average molecular weight is 260 g/mol. The van der Waals surface area contributed by atoms with Crippen LogP contribution in [0, 0.1) is 0 Å². The molecule has 6 heteroatoms. The number of hydrogen-bond acceptors (Lipinski definition) is 3. The number of nitrogens with one attached hydrogen (secondary N) is 1. The summed E-state index contributed by atoms with van der Waals surface area (Å²) >= 11 is 0. The second-order valence-electron chi connectivity index (χ2n) is 4.46. The molecule has 1 aliphatic rings. The first kappa shape index (κ1) is 13.2. The van der Waals surface area contributed by atoms with E-state index in [0.29, 0.717) is 19.6 Å². The van der Waals surface area contributed by atoms with Crippen LogP contribution in [0.1, 0.15) is 12.0 Å². The number of halogens is 3. The standard InChI is InChI=1S/C12H15F3N2O/c13-12(14,15)9-3-1-2-4-10(9)17-11(7-16)5-6-18-8-11/h1-4,17H,5-8,16H2. The Morgan fingerprint density at radius 1 is 1.33 bits per heavy atom. The molecule has 1 aliphatic heterocycles. The Morgan fingerprint density at radius 3 is 2.61 bits per heavy atom. The van der Waals surface area contributed by atoms with Crippen LogP contribution in [0.15, 0.2) is 24.3 Å². The predicted octanol–water partition coefficient (Wildman–Crippen LogP) is 2.24. The van der Waals surface area contributed by atoms with Gasteiger partial charge in [0, 0.05) is 18.8 Å². The number of ether oxygens (including phenoxy) is 1. The van der Waals surface area contributed by atoms with Crippen LogP contribution in [0.2, 0.25) is 0 Å². The summed E-state index contributed by atoms with van der Waals surface area (Å²) in [6.07, 6.45) is -3.77. The van der Waals surface area contributed by atoms with Gasteiger partial charge in [-0.05, 0) is 18.6 Å². The number of rotatable bonds is 3. The smallest absolute Gasteiger partial charge is 0.379 e. The number of anilines is 1. The van der Waals surface area contributed by atoms with Crippen molar-refractivity contribution in [3.63, 3.8) is 0 Å². The van der Waals surface area contributed by atoms with Gasteiger partial charge in [0.15, 0.2) is 0 Å². The van der Waals surface area contributed by atoms with E-state index < -0.39 is 17.3 Å². The number of nitrogens with two attached hydrogens (primary N) is 1. The molecule has 0 amide bonds. The maximum atomic E-state index is 12.8. The first-order valence-electron chi connectivity index (χ1n) is 5.69. The number of hydrogen-bond donors (Lipinski definition) is 2. The zero-order chi connectivity index (χ0) is 13.2. The molecule has 0 radical (unpaired) electrons. The Kier molecular flexibility index (Phi) is 3.49. The van der Waals surface area contributed by atoms with E-state index in [1.165, 1.54) is 12.1 Å². The second-order valence-corrected chi connectivity index (χ2v) is 4.46. The van der Waals surface area contributed by atoms with Crippen molar-refractivity contribution in [3.05, 3.63) is 29.8 Å². The fourth-order valence-corrected chi connectivity index (χ4v) is 2.04. The zero-order valence-corrected chi connectivity index (χ0v) is 9.76. The molecule has 1 atom stereocenters. The van der Waals surface area contributed by atoms with Crippen molar-refractivity contribution < 1.29 is 17.9 Å². The molecule has 3 N–H and O–H groups in total. The third kappa shape index (κ3) is 2.59. The van der Waals surface area contributed by atoms with Gasteiger partial charge in [0.25, 0.3) is 0 Å². The maximum absolute atomic E-state index is 12.8. The summed E-state index contributed by atoms with van der Waals surface area (Å²) in [5.41, 5.74) is 4.44. The highest BCUT2D eigenvalue weighted by Gasteiger charge is 2.38. The van der Waals surface area contributed by atoms with Crippen LogP contribution < -0.4 is 11.1 Å². The summed E-state index contributed by atoms with van der Waals surface area (Å²) in [5, 5.41) is 2.91. The number of para-hydroxylation sites is 1. The van der Waals surface area contributed by atoms with Crippen LogP contribution in [0.25, 0.3) is 0 Å². The van der Waals surface area contributed by atoms with Gasteiger partial charge in [-0.1, -0.05) is 12.1 Å². The van der Waals surface area contributed by atoms with Crippen molar-refractivity contribution in [1.29, 1.82) is 0 Å². The molecule has 1 saturated heterocycles. The molecule has 0 aliphatic carbocycles. The minimum atomic E-state index is -4.38. The van der Waals surface area contributed by atoms with Gasteiger partial charge in [0.2, 0.25) is 0 Å². The lowest BCUT2D eigenvalue weighted by Crippen LogP contribution is -2.46. The molecule has 100 valence electrons. The van der Waals surface area contributed by atoms with E-state index in [2.05, 4.69) is 5.32 Å². The van der Waals surface area contributed by atoms with Gasteiger partial charge in [-0.25, -0.2) is 0 Å². The Hall–Kier alpha value is -1.27. The van der Waals surface area contributed by atoms with Crippen molar-refractivity contribution in [2.24, 2.45) is 5.73 Å². The predicted molar refractivity (Wildman–Crippen MR) is 62.3 cm³/mol. The Balaban J connectivity index is 2.29. The van der Waals surface area contributed by atoms with E-state index in [0.717, 1.165) is 6.07 Å². The molecule has 1 heterocycles. The van der Waals surface area contributed by atoms with Crippen LogP contribution in [0.4, 0.5) is 18.9 Å². The lowest BCUT2D eigenvalue weighted by atomic mass is 9.97. The molecule has 0 spiro atoms. The molecular formula is C12H15F3N2O. The van der Waals surface area contributed by atoms with Crippen LogP contribution in [0.5, 0.6) is 0 Å². The lowest BCUT2D eigenvalue weighted by Gasteiger charge is -2.29. The van der Waals surface area contributed by atoms with Gasteiger partial charge in [0.05, 0.1) is 17.7 Å². The van der Waals surface area contributed by atoms with E-state index >= 15 is 0 Å². The van der Waals surface area contributed by atoms with Crippen molar-refractivity contribution >= 4 is 5.69 Å². The zero-order valence-electron chi connectivity index (χ0n) is 9.76. The summed E-state index contributed by atoms with van der Waals surface area (Å²) in [4.78, 5) is 0. The van der Waals surface area contributed by atoms with Crippen LogP contribution >= 0.6 is 0 Å². The van der Waals surface area contributed by atoms with E-state index in [-0.39, 0.29) is 12.2 Å². The Bertz CT molecular complexity index is 414. The summed E-state index contributed by atoms with van der Waals surface area (Å²) in [6.45, 7) is 1.08. The molecule has 0 bridgehead atoms. The molecule has 18 heavy (non-hydrogen) atoms. The van der Waals surface area contributed by atoms with Crippen molar-refractivity contribution in [2.45, 2.75) is 18.1 Å². The Morgan fingerprint density at radius 2 is 2.06 bits per heavy atom. The third-order valence-electron chi connectivity index (χ3n) is 3.13. The van der Waals surface area contributed by atoms with Crippen molar-refractivity contribution in [2.75, 3.05) is 25.1 Å². The van der Waals surface area contributed by atoms with E-state index in [4.69, 9.17) is 10.5 Å². The largest absolute Gasteiger partial charge is 0.418 e. The molecule has 1 unspecified atom stereocenters. The van der Waals surface area contributed by atoms with Crippen molar-refractivity contribution in [3.8, 4) is 0 Å². The highest BCUT2D eigenvalue weighted by atomic mass is 19.4. The Labute approximate surface area is 103 Å². The van der Waals surface area contributed by atoms with E-state index in [1.807, 2.05) is 0 Å². The summed E-state index contributed by atoms with van der Waals surface area (Å²) in [5.74, 6) is 0. The van der Waals surface area contributed by atoms with Gasteiger partial charge in [-0.2, -0.15) is 13.2 Å². The monoisotopic (exact) mass is 260 g/mol. The summed E-state index contributed by atoms with van der Waals surface area (Å²) < 4.78 is 43.8. The van der Waals surface area contributed by atoms with E-state index in [9.17, 15) is 13.2 Å². The quantitative estimate of drug-likeness (QED) is 0.876. The normalized spacial score (nSPS) is 24.2. The molecule has 1 aromatic rings. The minimum Gasteiger partial charge on any atom is -0.379 e. The number of benzene rings is 1. The first-order chi connectivity index (χ1) is 8.47. The van der Waals surface area contributed by atoms with Crippen LogP contribution in [-0.2, 0) is 10.9 Å². The lowest BCUT2D eigenvalue weighted by molar-refractivity contribution is -0.137. The van der Waals surface area contributed by atoms with Gasteiger partial charge in [-0.15, -0.1) is 0 Å². The molecular weight excluding hydrogens is 245 g/mol. The fourth-order valence-electron chi connectivity index (χ4n) is 2.04. The average Bonchev–Trinajstić information content (AvgIpc) is 2.78. The molecule has 1 aromatic carbocycles. The van der Waals surface area contributed by atoms with Crippen molar-refractivity contribution in [1.82, 2.24) is 0 Å². The van der Waals surface area contributed by atoms with Gasteiger partial charge in [0.1, 0.15) is 0 Å².